The molecule has 2 aliphatic carbocycles. The molecular formula is C12H15F2N3O. The molecule has 0 unspecified atom stereocenters. The monoisotopic (exact) mass is 255 g/mol. The molecule has 6 heteroatoms. The molecule has 0 atom stereocenters. The fourth-order valence-electron chi connectivity index (χ4n) is 2.39. The van der Waals surface area contributed by atoms with Crippen LogP contribution >= 0.6 is 0 Å². The van der Waals surface area contributed by atoms with Crippen molar-refractivity contribution in [2.45, 2.75) is 38.0 Å². The number of alkyl halides is 2. The fraction of sp³-hybridized carbons (Fsp3) is 0.667. The summed E-state index contributed by atoms with van der Waals surface area (Å²) in [5.41, 5.74) is 1.27. The Balaban J connectivity index is 1.70. The number of hydrogen-bond donors (Lipinski definition) is 2. The van der Waals surface area contributed by atoms with Crippen molar-refractivity contribution in [3.63, 3.8) is 0 Å². The molecule has 1 saturated carbocycles. The predicted octanol–water partition coefficient (Wildman–Crippen LogP) is 1.52. The largest absolute Gasteiger partial charge is 0.349 e. The minimum absolute atomic E-state index is 0.0503. The topological polar surface area (TPSA) is 57.8 Å². The normalized spacial score (nSPS) is 18.8. The van der Waals surface area contributed by atoms with Crippen LogP contribution in [0.4, 0.5) is 8.78 Å². The van der Waals surface area contributed by atoms with Gasteiger partial charge in [-0.2, -0.15) is 13.9 Å². The van der Waals surface area contributed by atoms with Crippen LogP contribution in [0.1, 0.15) is 36.2 Å². The maximum atomic E-state index is 14.0. The van der Waals surface area contributed by atoms with Crippen LogP contribution in [-0.2, 0) is 23.6 Å². The lowest BCUT2D eigenvalue weighted by Crippen LogP contribution is -2.36. The molecule has 0 spiro atoms. The number of rotatable bonds is 4. The van der Waals surface area contributed by atoms with E-state index < -0.39 is 12.5 Å². The van der Waals surface area contributed by atoms with E-state index in [0.29, 0.717) is 12.0 Å². The second-order valence-electron chi connectivity index (χ2n) is 5.08. The molecule has 4 nitrogen and oxygen atoms in total. The second-order valence-corrected chi connectivity index (χ2v) is 5.08. The molecule has 0 aromatic carbocycles. The van der Waals surface area contributed by atoms with E-state index in [2.05, 4.69) is 15.5 Å². The third-order valence-corrected chi connectivity index (χ3v) is 3.59. The van der Waals surface area contributed by atoms with E-state index >= 15 is 0 Å². The van der Waals surface area contributed by atoms with Gasteiger partial charge in [-0.15, -0.1) is 0 Å². The minimum Gasteiger partial charge on any atom is -0.349 e. The van der Waals surface area contributed by atoms with Gasteiger partial charge in [-0.05, 0) is 32.1 Å². The SMILES string of the molecule is O=C(NCC(F)(F)c1n[nH]c2c1CCC2)C1CC1. The van der Waals surface area contributed by atoms with Crippen LogP contribution in [-0.4, -0.2) is 22.6 Å². The first-order chi connectivity index (χ1) is 8.58. The van der Waals surface area contributed by atoms with Gasteiger partial charge in [-0.25, -0.2) is 0 Å². The van der Waals surface area contributed by atoms with Gasteiger partial charge in [-0.3, -0.25) is 9.89 Å². The number of aromatic amines is 1. The molecule has 1 aromatic rings. The molecule has 0 bridgehead atoms. The van der Waals surface area contributed by atoms with Crippen LogP contribution in [0, 0.1) is 5.92 Å². The Morgan fingerprint density at radius 1 is 1.44 bits per heavy atom. The first kappa shape index (κ1) is 11.6. The van der Waals surface area contributed by atoms with Crippen LogP contribution in [0.5, 0.6) is 0 Å². The summed E-state index contributed by atoms with van der Waals surface area (Å²) in [6.07, 6.45) is 3.95. The minimum atomic E-state index is -3.08. The summed E-state index contributed by atoms with van der Waals surface area (Å²) in [6, 6.07) is 0. The van der Waals surface area contributed by atoms with Gasteiger partial charge < -0.3 is 5.32 Å². The van der Waals surface area contributed by atoms with Crippen LogP contribution in [0.2, 0.25) is 0 Å². The molecule has 1 amide bonds. The zero-order valence-electron chi connectivity index (χ0n) is 9.93. The molecule has 1 heterocycles. The van der Waals surface area contributed by atoms with Crippen molar-refractivity contribution >= 4 is 5.91 Å². The predicted molar refractivity (Wildman–Crippen MR) is 60.2 cm³/mol. The number of nitrogens with one attached hydrogen (secondary N) is 2. The molecular weight excluding hydrogens is 240 g/mol. The summed E-state index contributed by atoms with van der Waals surface area (Å²) in [7, 11) is 0. The van der Waals surface area contributed by atoms with Crippen LogP contribution < -0.4 is 5.32 Å². The standard InChI is InChI=1S/C12H15F2N3O/c13-12(14,6-15-11(18)7-4-5-7)10-8-2-1-3-9(8)16-17-10/h7H,1-6H2,(H,15,18)(H,16,17). The molecule has 3 rings (SSSR count). The van der Waals surface area contributed by atoms with E-state index in [1.807, 2.05) is 0 Å². The Bertz CT molecular complexity index is 480. The van der Waals surface area contributed by atoms with Crippen molar-refractivity contribution in [3.8, 4) is 0 Å². The van der Waals surface area contributed by atoms with Crippen molar-refractivity contribution in [1.29, 1.82) is 0 Å². The fourth-order valence-corrected chi connectivity index (χ4v) is 2.39. The molecule has 2 aliphatic rings. The van der Waals surface area contributed by atoms with Crippen molar-refractivity contribution < 1.29 is 13.6 Å². The number of carbonyl (C=O) groups excluding carboxylic acids is 1. The lowest BCUT2D eigenvalue weighted by atomic mass is 10.1. The molecule has 98 valence electrons. The van der Waals surface area contributed by atoms with Gasteiger partial charge in [0.15, 0.2) is 0 Å². The summed E-state index contributed by atoms with van der Waals surface area (Å²) in [5.74, 6) is -3.40. The van der Waals surface area contributed by atoms with E-state index in [0.717, 1.165) is 31.4 Å². The Kier molecular flexibility index (Phi) is 2.60. The van der Waals surface area contributed by atoms with E-state index in [4.69, 9.17) is 0 Å². The highest BCUT2D eigenvalue weighted by molar-refractivity contribution is 5.80. The van der Waals surface area contributed by atoms with Crippen LogP contribution in [0.15, 0.2) is 0 Å². The number of aryl methyl sites for hydroxylation is 1. The molecule has 1 fully saturated rings. The number of fused-ring (bicyclic) bond motifs is 1. The molecule has 1 aromatic heterocycles. The van der Waals surface area contributed by atoms with Gasteiger partial charge >= 0.3 is 5.92 Å². The van der Waals surface area contributed by atoms with Crippen molar-refractivity contribution in [2.24, 2.45) is 5.92 Å². The Hall–Kier alpha value is -1.46. The van der Waals surface area contributed by atoms with Crippen molar-refractivity contribution in [1.82, 2.24) is 15.5 Å². The summed E-state index contributed by atoms with van der Waals surface area (Å²) in [4.78, 5) is 11.4. The maximum absolute atomic E-state index is 14.0. The molecule has 0 aliphatic heterocycles. The lowest BCUT2D eigenvalue weighted by Gasteiger charge is -2.16. The smallest absolute Gasteiger partial charge is 0.308 e. The first-order valence-electron chi connectivity index (χ1n) is 6.30. The highest BCUT2D eigenvalue weighted by Gasteiger charge is 2.40. The van der Waals surface area contributed by atoms with Crippen LogP contribution in [0.3, 0.4) is 0 Å². The van der Waals surface area contributed by atoms with Crippen molar-refractivity contribution in [3.05, 3.63) is 17.0 Å². The van der Waals surface area contributed by atoms with Gasteiger partial charge in [0.1, 0.15) is 5.69 Å². The van der Waals surface area contributed by atoms with Gasteiger partial charge in [0, 0.05) is 17.2 Å². The van der Waals surface area contributed by atoms with Crippen molar-refractivity contribution in [2.75, 3.05) is 6.54 Å². The van der Waals surface area contributed by atoms with Crippen LogP contribution in [0.25, 0.3) is 0 Å². The number of halogens is 2. The van der Waals surface area contributed by atoms with E-state index in [1.165, 1.54) is 0 Å². The number of carbonyl (C=O) groups is 1. The average Bonchev–Trinajstić information content (AvgIpc) is 2.93. The van der Waals surface area contributed by atoms with Gasteiger partial charge in [0.2, 0.25) is 5.91 Å². The lowest BCUT2D eigenvalue weighted by molar-refractivity contribution is -0.124. The zero-order chi connectivity index (χ0) is 12.8. The first-order valence-corrected chi connectivity index (χ1v) is 6.30. The number of H-pyrrole nitrogens is 1. The summed E-state index contributed by atoms with van der Waals surface area (Å²) in [6.45, 7) is -0.653. The molecule has 18 heavy (non-hydrogen) atoms. The number of nitrogens with zero attached hydrogens (tertiary/aromatic N) is 1. The molecule has 0 saturated heterocycles. The Morgan fingerprint density at radius 3 is 2.94 bits per heavy atom. The summed E-state index contributed by atoms with van der Waals surface area (Å²) >= 11 is 0. The third kappa shape index (κ3) is 2.00. The van der Waals surface area contributed by atoms with E-state index in [9.17, 15) is 13.6 Å². The molecule has 0 radical (unpaired) electrons. The average molecular weight is 255 g/mol. The highest BCUT2D eigenvalue weighted by atomic mass is 19.3. The maximum Gasteiger partial charge on any atom is 0.308 e. The molecule has 2 N–H and O–H groups in total. The number of hydrogen-bond acceptors (Lipinski definition) is 2. The summed E-state index contributed by atoms with van der Waals surface area (Å²) < 4.78 is 28.0. The highest BCUT2D eigenvalue weighted by Crippen LogP contribution is 2.34. The van der Waals surface area contributed by atoms with Gasteiger partial charge in [-0.1, -0.05) is 0 Å². The van der Waals surface area contributed by atoms with E-state index in [-0.39, 0.29) is 17.5 Å². The third-order valence-electron chi connectivity index (χ3n) is 3.59. The van der Waals surface area contributed by atoms with Gasteiger partial charge in [0.05, 0.1) is 6.54 Å². The number of aromatic nitrogens is 2. The number of amides is 1. The Morgan fingerprint density at radius 2 is 2.22 bits per heavy atom. The quantitative estimate of drug-likeness (QED) is 0.857. The van der Waals surface area contributed by atoms with E-state index in [1.54, 1.807) is 0 Å². The summed E-state index contributed by atoms with van der Waals surface area (Å²) in [5, 5.41) is 8.72. The zero-order valence-corrected chi connectivity index (χ0v) is 9.93. The second kappa shape index (κ2) is 4.03. The Labute approximate surface area is 103 Å². The van der Waals surface area contributed by atoms with Gasteiger partial charge in [0.25, 0.3) is 0 Å².